The van der Waals surface area contributed by atoms with Gasteiger partial charge in [0.15, 0.2) is 0 Å². The molecule has 98 valence electrons. The van der Waals surface area contributed by atoms with Crippen LogP contribution in [0.2, 0.25) is 0 Å². The summed E-state index contributed by atoms with van der Waals surface area (Å²) in [4.78, 5) is 11.8. The Morgan fingerprint density at radius 2 is 2.17 bits per heavy atom. The Balaban J connectivity index is 2.73. The van der Waals surface area contributed by atoms with E-state index in [2.05, 4.69) is 9.46 Å². The van der Waals surface area contributed by atoms with Crippen LogP contribution in [0.1, 0.15) is 23.0 Å². The zero-order chi connectivity index (χ0) is 13.5. The van der Waals surface area contributed by atoms with Crippen LogP contribution in [-0.4, -0.2) is 32.1 Å². The second-order valence-corrected chi connectivity index (χ2v) is 5.81. The van der Waals surface area contributed by atoms with Crippen molar-refractivity contribution in [2.45, 2.75) is 17.9 Å². The highest BCUT2D eigenvalue weighted by molar-refractivity contribution is 7.89. The fourth-order valence-electron chi connectivity index (χ4n) is 1.93. The molecule has 1 aliphatic heterocycles. The number of carbonyl (C=O) groups is 1. The number of fused-ring (bicyclic) bond motifs is 1. The van der Waals surface area contributed by atoms with Gasteiger partial charge in [0.2, 0.25) is 10.0 Å². The van der Waals surface area contributed by atoms with Crippen molar-refractivity contribution in [3.8, 4) is 0 Å². The molecule has 0 fully saturated rings. The lowest BCUT2D eigenvalue weighted by Crippen LogP contribution is -2.30. The molecule has 0 aliphatic carbocycles. The molecule has 0 amide bonds. The number of hydrogen-bond donors (Lipinski definition) is 1. The minimum absolute atomic E-state index is 0.0889. The zero-order valence-electron chi connectivity index (χ0n) is 10.3. The number of esters is 1. The molecule has 1 atom stereocenters. The molecule has 0 bridgehead atoms. The number of aryl methyl sites for hydroxylation is 1. The van der Waals surface area contributed by atoms with Crippen LogP contribution in [0.3, 0.4) is 0 Å². The van der Waals surface area contributed by atoms with Crippen LogP contribution in [0.25, 0.3) is 6.08 Å². The van der Waals surface area contributed by atoms with E-state index in [9.17, 15) is 13.2 Å². The largest absolute Gasteiger partial charge is 0.464 e. The summed E-state index contributed by atoms with van der Waals surface area (Å²) in [6.45, 7) is 1.72. The van der Waals surface area contributed by atoms with Gasteiger partial charge in [-0.15, -0.1) is 0 Å². The van der Waals surface area contributed by atoms with Crippen LogP contribution < -0.4 is 4.72 Å². The van der Waals surface area contributed by atoms with E-state index in [0.29, 0.717) is 5.56 Å². The minimum Gasteiger partial charge on any atom is -0.464 e. The molecular weight excluding hydrogens is 256 g/mol. The lowest BCUT2D eigenvalue weighted by atomic mass is 10.2. The zero-order valence-corrected chi connectivity index (χ0v) is 11.1. The molecule has 18 heavy (non-hydrogen) atoms. The summed E-state index contributed by atoms with van der Waals surface area (Å²) < 4.78 is 32.7. The summed E-state index contributed by atoms with van der Waals surface area (Å²) in [5.74, 6) is -0.562. The fraction of sp³-hybridized carbons (Fsp3) is 0.364. The highest BCUT2D eigenvalue weighted by atomic mass is 32.2. The van der Waals surface area contributed by atoms with Crippen LogP contribution in [0.5, 0.6) is 0 Å². The van der Waals surface area contributed by atoms with E-state index in [-0.39, 0.29) is 16.6 Å². The first-order valence-corrected chi connectivity index (χ1v) is 6.83. The van der Waals surface area contributed by atoms with E-state index in [1.54, 1.807) is 26.1 Å². The molecule has 7 heteroatoms. The van der Waals surface area contributed by atoms with Crippen molar-refractivity contribution in [1.82, 2.24) is 9.29 Å². The third kappa shape index (κ3) is 1.95. The number of hydrogen-bond acceptors (Lipinski definition) is 4. The molecule has 1 aromatic heterocycles. The fourth-order valence-corrected chi connectivity index (χ4v) is 3.38. The average molecular weight is 270 g/mol. The normalized spacial score (nSPS) is 21.2. The number of nitrogens with zero attached hydrogens (tertiary/aromatic N) is 1. The Morgan fingerprint density at radius 1 is 1.50 bits per heavy atom. The van der Waals surface area contributed by atoms with Crippen molar-refractivity contribution >= 4 is 22.1 Å². The third-order valence-corrected chi connectivity index (χ3v) is 4.33. The molecule has 1 aromatic rings. The van der Waals surface area contributed by atoms with E-state index in [1.807, 2.05) is 0 Å². The molecule has 6 nitrogen and oxygen atoms in total. The number of sulfonamides is 1. The summed E-state index contributed by atoms with van der Waals surface area (Å²) in [5, 5.41) is 0. The monoisotopic (exact) mass is 270 g/mol. The van der Waals surface area contributed by atoms with Gasteiger partial charge in [0.25, 0.3) is 0 Å². The van der Waals surface area contributed by atoms with Gasteiger partial charge in [0.05, 0.1) is 7.11 Å². The van der Waals surface area contributed by atoms with Gasteiger partial charge >= 0.3 is 5.97 Å². The quantitative estimate of drug-likeness (QED) is 0.754. The second-order valence-electron chi connectivity index (χ2n) is 4.13. The van der Waals surface area contributed by atoms with Crippen molar-refractivity contribution in [2.24, 2.45) is 7.05 Å². The Labute approximate surface area is 105 Å². The molecule has 2 heterocycles. The summed E-state index contributed by atoms with van der Waals surface area (Å²) >= 11 is 0. The number of nitrogens with one attached hydrogen (secondary N) is 1. The van der Waals surface area contributed by atoms with E-state index >= 15 is 0 Å². The molecule has 0 radical (unpaired) electrons. The summed E-state index contributed by atoms with van der Waals surface area (Å²) in [6, 6.07) is -0.321. The van der Waals surface area contributed by atoms with Crippen LogP contribution in [0.4, 0.5) is 0 Å². The molecule has 0 aromatic carbocycles. The second kappa shape index (κ2) is 4.25. The maximum atomic E-state index is 12.1. The number of carbonyl (C=O) groups excluding carboxylic acids is 1. The summed E-state index contributed by atoms with van der Waals surface area (Å²) in [7, 11) is -0.746. The summed E-state index contributed by atoms with van der Waals surface area (Å²) in [5.41, 5.74) is 0.587. The smallest absolute Gasteiger partial charge is 0.355 e. The van der Waals surface area contributed by atoms with E-state index < -0.39 is 16.0 Å². The predicted octanol–water partition coefficient (Wildman–Crippen LogP) is 0.505. The maximum absolute atomic E-state index is 12.1. The van der Waals surface area contributed by atoms with Gasteiger partial charge in [-0.1, -0.05) is 12.2 Å². The molecule has 0 saturated carbocycles. The third-order valence-electron chi connectivity index (χ3n) is 2.75. The minimum atomic E-state index is -3.61. The first kappa shape index (κ1) is 12.8. The van der Waals surface area contributed by atoms with Gasteiger partial charge in [-0.3, -0.25) is 0 Å². The molecule has 1 N–H and O–H groups in total. The summed E-state index contributed by atoms with van der Waals surface area (Å²) in [6.07, 6.45) is 4.73. The molecule has 0 spiro atoms. The Morgan fingerprint density at radius 3 is 2.78 bits per heavy atom. The van der Waals surface area contributed by atoms with Gasteiger partial charge < -0.3 is 9.30 Å². The Bertz CT molecular complexity index is 628. The number of rotatable bonds is 1. The Hall–Kier alpha value is -1.60. The first-order chi connectivity index (χ1) is 8.36. The van der Waals surface area contributed by atoms with Crippen molar-refractivity contribution in [1.29, 1.82) is 0 Å². The van der Waals surface area contributed by atoms with Crippen LogP contribution >= 0.6 is 0 Å². The molecule has 1 aliphatic rings. The van der Waals surface area contributed by atoms with E-state index in [1.165, 1.54) is 17.9 Å². The van der Waals surface area contributed by atoms with Crippen molar-refractivity contribution < 1.29 is 17.9 Å². The molecular formula is C11H14N2O4S. The van der Waals surface area contributed by atoms with E-state index in [4.69, 9.17) is 0 Å². The topological polar surface area (TPSA) is 77.4 Å². The van der Waals surface area contributed by atoms with Crippen LogP contribution in [-0.2, 0) is 21.8 Å². The Kier molecular flexibility index (Phi) is 3.04. The van der Waals surface area contributed by atoms with Crippen molar-refractivity contribution in [3.63, 3.8) is 0 Å². The van der Waals surface area contributed by atoms with Crippen molar-refractivity contribution in [3.05, 3.63) is 23.5 Å². The van der Waals surface area contributed by atoms with Gasteiger partial charge in [-0.2, -0.15) is 0 Å². The van der Waals surface area contributed by atoms with E-state index in [0.717, 1.165) is 0 Å². The number of aromatic nitrogens is 1. The SMILES string of the molecule is COC(=O)c1c2c(cn1C)S(=O)(=O)NC(C)C=C2. The number of ether oxygens (including phenoxy) is 1. The first-order valence-electron chi connectivity index (χ1n) is 5.35. The molecule has 1 unspecified atom stereocenters. The van der Waals surface area contributed by atoms with Gasteiger partial charge in [0.1, 0.15) is 10.6 Å². The number of methoxy groups -OCH3 is 1. The standard InChI is InChI=1S/C11H14N2O4S/c1-7-4-5-8-9(18(15,16)12-7)6-13(2)10(8)11(14)17-3/h4-7,12H,1-3H3. The molecule has 0 saturated heterocycles. The van der Waals surface area contributed by atoms with Gasteiger partial charge in [-0.25, -0.2) is 17.9 Å². The van der Waals surface area contributed by atoms with Gasteiger partial charge in [-0.05, 0) is 6.92 Å². The molecule has 2 rings (SSSR count). The highest BCUT2D eigenvalue weighted by Gasteiger charge is 2.29. The highest BCUT2D eigenvalue weighted by Crippen LogP contribution is 2.26. The van der Waals surface area contributed by atoms with Crippen LogP contribution in [0.15, 0.2) is 17.2 Å². The average Bonchev–Trinajstić information content (AvgIpc) is 2.57. The maximum Gasteiger partial charge on any atom is 0.355 e. The lowest BCUT2D eigenvalue weighted by molar-refractivity contribution is 0.0589. The van der Waals surface area contributed by atoms with Gasteiger partial charge in [0, 0.05) is 24.8 Å². The van der Waals surface area contributed by atoms with Crippen LogP contribution in [0, 0.1) is 0 Å². The van der Waals surface area contributed by atoms with Crippen molar-refractivity contribution in [2.75, 3.05) is 7.11 Å². The predicted molar refractivity (Wildman–Crippen MR) is 65.6 cm³/mol. The lowest BCUT2D eigenvalue weighted by Gasteiger charge is -2.06.